The molecule has 0 aliphatic rings. The topological polar surface area (TPSA) is 60.9 Å². The summed E-state index contributed by atoms with van der Waals surface area (Å²) in [5.74, 6) is -1.41. The van der Waals surface area contributed by atoms with Crippen molar-refractivity contribution >= 4 is 23.1 Å². The normalized spacial score (nSPS) is 10.5. The van der Waals surface area contributed by atoms with Crippen LogP contribution in [0.25, 0.3) is 0 Å². The van der Waals surface area contributed by atoms with Crippen LogP contribution in [0.5, 0.6) is 0 Å². The number of ketones is 1. The van der Waals surface area contributed by atoms with E-state index in [0.29, 0.717) is 5.56 Å². The molecular weight excluding hydrogens is 376 g/mol. The average Bonchev–Trinajstić information content (AvgIpc) is 2.77. The molecule has 0 saturated heterocycles. The molecule has 0 fully saturated rings. The van der Waals surface area contributed by atoms with Crippen molar-refractivity contribution in [3.05, 3.63) is 95.1 Å². The molecule has 3 aromatic rings. The lowest BCUT2D eigenvalue weighted by atomic mass is 9.97. The number of aromatic carboxylic acids is 1. The second-order valence-electron chi connectivity index (χ2n) is 7.31. The number of nitrogens with zero attached hydrogens (tertiary/aromatic N) is 2. The van der Waals surface area contributed by atoms with Crippen molar-refractivity contribution in [1.29, 1.82) is 0 Å². The predicted octanol–water partition coefficient (Wildman–Crippen LogP) is 4.71. The van der Waals surface area contributed by atoms with Gasteiger partial charge < -0.3 is 14.9 Å². The van der Waals surface area contributed by atoms with Gasteiger partial charge in [-0.2, -0.15) is 0 Å². The average molecular weight is 402 g/mol. The highest BCUT2D eigenvalue weighted by Gasteiger charge is 2.19. The van der Waals surface area contributed by atoms with Gasteiger partial charge in [0, 0.05) is 49.7 Å². The Morgan fingerprint density at radius 3 is 2.03 bits per heavy atom. The Balaban J connectivity index is 1.85. The predicted molar refractivity (Wildman–Crippen MR) is 121 cm³/mol. The molecule has 0 heterocycles. The van der Waals surface area contributed by atoms with Crippen molar-refractivity contribution < 1.29 is 14.7 Å². The molecule has 5 nitrogen and oxygen atoms in total. The number of hydrogen-bond donors (Lipinski definition) is 1. The van der Waals surface area contributed by atoms with Gasteiger partial charge in [0.15, 0.2) is 5.78 Å². The molecule has 0 saturated carbocycles. The lowest BCUT2D eigenvalue weighted by molar-refractivity contribution is 0.0693. The molecule has 0 aliphatic heterocycles. The molecule has 0 atom stereocenters. The Hall–Kier alpha value is -3.60. The van der Waals surface area contributed by atoms with E-state index in [1.165, 1.54) is 11.6 Å². The number of hydrogen-bond acceptors (Lipinski definition) is 4. The first-order valence-electron chi connectivity index (χ1n) is 9.89. The summed E-state index contributed by atoms with van der Waals surface area (Å²) in [7, 11) is 3.66. The highest BCUT2D eigenvalue weighted by molar-refractivity contribution is 6.14. The maximum absolute atomic E-state index is 13.0. The number of carbonyl (C=O) groups excluding carboxylic acids is 1. The van der Waals surface area contributed by atoms with E-state index in [1.807, 2.05) is 49.3 Å². The van der Waals surface area contributed by atoms with Gasteiger partial charge in [0.1, 0.15) is 0 Å². The van der Waals surface area contributed by atoms with E-state index in [9.17, 15) is 14.7 Å². The van der Waals surface area contributed by atoms with Crippen LogP contribution >= 0.6 is 0 Å². The SMILES string of the molecule is CCN(Cc1ccccc1)c1ccc(C(=O)c2ccc(N(C)C)cc2C(=O)O)cc1. The zero-order valence-electron chi connectivity index (χ0n) is 17.5. The molecule has 0 unspecified atom stereocenters. The maximum Gasteiger partial charge on any atom is 0.336 e. The first-order chi connectivity index (χ1) is 14.4. The third-order valence-corrected chi connectivity index (χ3v) is 5.09. The van der Waals surface area contributed by atoms with Crippen LogP contribution in [0.1, 0.15) is 38.8 Å². The Labute approximate surface area is 177 Å². The van der Waals surface area contributed by atoms with Gasteiger partial charge in [0.2, 0.25) is 0 Å². The van der Waals surface area contributed by atoms with Gasteiger partial charge >= 0.3 is 5.97 Å². The van der Waals surface area contributed by atoms with Crippen molar-refractivity contribution in [3.63, 3.8) is 0 Å². The monoisotopic (exact) mass is 402 g/mol. The molecule has 1 N–H and O–H groups in total. The standard InChI is InChI=1S/C25H26N2O3/c1-4-27(17-18-8-6-5-7-9-18)20-12-10-19(11-13-20)24(28)22-15-14-21(26(2)3)16-23(22)25(29)30/h5-16H,4,17H2,1-3H3,(H,29,30). The molecule has 0 spiro atoms. The van der Waals surface area contributed by atoms with Crippen molar-refractivity contribution in [2.45, 2.75) is 13.5 Å². The highest BCUT2D eigenvalue weighted by Crippen LogP contribution is 2.23. The van der Waals surface area contributed by atoms with E-state index < -0.39 is 5.97 Å². The first-order valence-corrected chi connectivity index (χ1v) is 9.89. The zero-order chi connectivity index (χ0) is 21.7. The lowest BCUT2D eigenvalue weighted by Crippen LogP contribution is -2.22. The van der Waals surface area contributed by atoms with Crippen molar-refractivity contribution in [2.24, 2.45) is 0 Å². The number of anilines is 2. The summed E-state index contributed by atoms with van der Waals surface area (Å²) in [6, 6.07) is 22.4. The second-order valence-corrected chi connectivity index (χ2v) is 7.31. The van der Waals surface area contributed by atoms with Crippen LogP contribution in [0.15, 0.2) is 72.8 Å². The van der Waals surface area contributed by atoms with E-state index >= 15 is 0 Å². The molecule has 154 valence electrons. The Morgan fingerprint density at radius 1 is 0.833 bits per heavy atom. The van der Waals surface area contributed by atoms with Gasteiger partial charge in [0.25, 0.3) is 0 Å². The summed E-state index contributed by atoms with van der Waals surface area (Å²) in [5, 5.41) is 9.58. The zero-order valence-corrected chi connectivity index (χ0v) is 17.5. The van der Waals surface area contributed by atoms with Crippen LogP contribution in [-0.4, -0.2) is 37.5 Å². The molecule has 0 bridgehead atoms. The van der Waals surface area contributed by atoms with Crippen LogP contribution in [0.4, 0.5) is 11.4 Å². The molecule has 3 aromatic carbocycles. The van der Waals surface area contributed by atoms with E-state index in [0.717, 1.165) is 24.5 Å². The van der Waals surface area contributed by atoms with E-state index in [4.69, 9.17) is 0 Å². The fourth-order valence-electron chi connectivity index (χ4n) is 3.35. The van der Waals surface area contributed by atoms with Gasteiger partial charge in [-0.15, -0.1) is 0 Å². The molecule has 0 aromatic heterocycles. The summed E-state index contributed by atoms with van der Waals surface area (Å²) in [5.41, 5.74) is 3.63. The molecule has 0 amide bonds. The highest BCUT2D eigenvalue weighted by atomic mass is 16.4. The number of carboxylic acid groups (broad SMARTS) is 1. The number of rotatable bonds is 8. The van der Waals surface area contributed by atoms with Crippen LogP contribution in [-0.2, 0) is 6.54 Å². The quantitative estimate of drug-likeness (QED) is 0.553. The number of benzene rings is 3. The minimum Gasteiger partial charge on any atom is -0.478 e. The fraction of sp³-hybridized carbons (Fsp3) is 0.200. The van der Waals surface area contributed by atoms with Crippen LogP contribution in [0, 0.1) is 0 Å². The smallest absolute Gasteiger partial charge is 0.336 e. The Bertz CT molecular complexity index is 1030. The van der Waals surface area contributed by atoms with Crippen molar-refractivity contribution in [1.82, 2.24) is 0 Å². The number of carboxylic acids is 1. The minimum atomic E-state index is -1.11. The summed E-state index contributed by atoms with van der Waals surface area (Å²) < 4.78 is 0. The Kier molecular flexibility index (Phi) is 6.52. The summed E-state index contributed by atoms with van der Waals surface area (Å²) in [4.78, 5) is 28.7. The molecular formula is C25H26N2O3. The summed E-state index contributed by atoms with van der Waals surface area (Å²) in [6.45, 7) is 3.70. The summed E-state index contributed by atoms with van der Waals surface area (Å²) in [6.07, 6.45) is 0. The maximum atomic E-state index is 13.0. The molecule has 0 aliphatic carbocycles. The third-order valence-electron chi connectivity index (χ3n) is 5.09. The van der Waals surface area contributed by atoms with Gasteiger partial charge in [0.05, 0.1) is 5.56 Å². The van der Waals surface area contributed by atoms with E-state index in [-0.39, 0.29) is 16.9 Å². The van der Waals surface area contributed by atoms with Gasteiger partial charge in [-0.1, -0.05) is 30.3 Å². The van der Waals surface area contributed by atoms with E-state index in [2.05, 4.69) is 24.0 Å². The van der Waals surface area contributed by atoms with Gasteiger partial charge in [-0.25, -0.2) is 4.79 Å². The molecule has 3 rings (SSSR count). The van der Waals surface area contributed by atoms with Crippen LogP contribution < -0.4 is 9.80 Å². The number of carbonyl (C=O) groups is 2. The fourth-order valence-corrected chi connectivity index (χ4v) is 3.35. The molecule has 0 radical (unpaired) electrons. The van der Waals surface area contributed by atoms with E-state index in [1.54, 1.807) is 24.3 Å². The Morgan fingerprint density at radius 2 is 1.47 bits per heavy atom. The first kappa shape index (κ1) is 21.1. The van der Waals surface area contributed by atoms with Crippen molar-refractivity contribution in [3.8, 4) is 0 Å². The lowest BCUT2D eigenvalue weighted by Gasteiger charge is -2.23. The second kappa shape index (κ2) is 9.27. The molecule has 30 heavy (non-hydrogen) atoms. The van der Waals surface area contributed by atoms with Gasteiger partial charge in [-0.05, 0) is 55.0 Å². The third kappa shape index (κ3) is 4.69. The van der Waals surface area contributed by atoms with Crippen molar-refractivity contribution in [2.75, 3.05) is 30.4 Å². The largest absolute Gasteiger partial charge is 0.478 e. The van der Waals surface area contributed by atoms with Gasteiger partial charge in [-0.3, -0.25) is 4.79 Å². The summed E-state index contributed by atoms with van der Waals surface area (Å²) >= 11 is 0. The van der Waals surface area contributed by atoms with Crippen LogP contribution in [0.2, 0.25) is 0 Å². The minimum absolute atomic E-state index is 0.00883. The molecule has 5 heteroatoms. The van der Waals surface area contributed by atoms with Crippen LogP contribution in [0.3, 0.4) is 0 Å².